The van der Waals surface area contributed by atoms with E-state index in [1.54, 1.807) is 14.0 Å². The summed E-state index contributed by atoms with van der Waals surface area (Å²) in [5.41, 5.74) is 2.25. The molecule has 2 atom stereocenters. The molecule has 1 aromatic carbocycles. The molecule has 2 nitrogen and oxygen atoms in total. The Morgan fingerprint density at radius 2 is 1.93 bits per heavy atom. The maximum atomic E-state index is 10.4. The SMILES string of the molecule is COC(C)C(C)(O)c1cc(C)ccc1C. The Kier molecular flexibility index (Phi) is 3.53. The summed E-state index contributed by atoms with van der Waals surface area (Å²) in [5, 5.41) is 10.4. The van der Waals surface area contributed by atoms with E-state index in [1.165, 1.54) is 0 Å². The number of hydrogen-bond acceptors (Lipinski definition) is 2. The van der Waals surface area contributed by atoms with Crippen molar-refractivity contribution in [1.29, 1.82) is 0 Å². The van der Waals surface area contributed by atoms with Gasteiger partial charge in [0.2, 0.25) is 0 Å². The molecule has 0 aliphatic heterocycles. The zero-order valence-electron chi connectivity index (χ0n) is 10.2. The predicted octanol–water partition coefficient (Wildman–Crippen LogP) is 2.55. The lowest BCUT2D eigenvalue weighted by molar-refractivity contribution is -0.0775. The van der Waals surface area contributed by atoms with Crippen LogP contribution in [-0.4, -0.2) is 18.3 Å². The van der Waals surface area contributed by atoms with Crippen LogP contribution in [0.3, 0.4) is 0 Å². The second-order valence-electron chi connectivity index (χ2n) is 4.34. The Balaban J connectivity index is 3.19. The fraction of sp³-hybridized carbons (Fsp3) is 0.538. The van der Waals surface area contributed by atoms with Gasteiger partial charge in [0, 0.05) is 7.11 Å². The van der Waals surface area contributed by atoms with Crippen molar-refractivity contribution < 1.29 is 9.84 Å². The molecule has 0 aliphatic carbocycles. The van der Waals surface area contributed by atoms with Crippen molar-refractivity contribution in [3.8, 4) is 0 Å². The summed E-state index contributed by atoms with van der Waals surface area (Å²) in [7, 11) is 1.62. The van der Waals surface area contributed by atoms with Crippen molar-refractivity contribution in [1.82, 2.24) is 0 Å². The number of aryl methyl sites for hydroxylation is 2. The fourth-order valence-corrected chi connectivity index (χ4v) is 1.73. The van der Waals surface area contributed by atoms with Gasteiger partial charge in [-0.3, -0.25) is 0 Å². The second kappa shape index (κ2) is 4.33. The van der Waals surface area contributed by atoms with Gasteiger partial charge in [-0.25, -0.2) is 0 Å². The molecule has 0 aliphatic rings. The maximum Gasteiger partial charge on any atom is 0.113 e. The molecule has 1 aromatic rings. The third-order valence-corrected chi connectivity index (χ3v) is 3.08. The topological polar surface area (TPSA) is 29.5 Å². The molecule has 15 heavy (non-hydrogen) atoms. The Morgan fingerprint density at radius 1 is 1.33 bits per heavy atom. The highest BCUT2D eigenvalue weighted by Crippen LogP contribution is 2.29. The van der Waals surface area contributed by atoms with Crippen molar-refractivity contribution in [3.63, 3.8) is 0 Å². The number of rotatable bonds is 3. The summed E-state index contributed by atoms with van der Waals surface area (Å²) in [5.74, 6) is 0. The molecule has 0 spiro atoms. The minimum Gasteiger partial charge on any atom is -0.383 e. The molecule has 1 rings (SSSR count). The van der Waals surface area contributed by atoms with Crippen LogP contribution in [0.5, 0.6) is 0 Å². The largest absolute Gasteiger partial charge is 0.383 e. The molecule has 0 fully saturated rings. The lowest BCUT2D eigenvalue weighted by Crippen LogP contribution is -2.36. The van der Waals surface area contributed by atoms with Crippen molar-refractivity contribution in [3.05, 3.63) is 34.9 Å². The van der Waals surface area contributed by atoms with E-state index in [4.69, 9.17) is 4.74 Å². The standard InChI is InChI=1S/C13H20O2/c1-9-6-7-10(2)12(8-9)13(4,14)11(3)15-5/h6-8,11,14H,1-5H3. The first-order valence-electron chi connectivity index (χ1n) is 5.22. The maximum absolute atomic E-state index is 10.4. The molecule has 0 heterocycles. The van der Waals surface area contributed by atoms with Gasteiger partial charge in [-0.2, -0.15) is 0 Å². The van der Waals surface area contributed by atoms with Gasteiger partial charge >= 0.3 is 0 Å². The van der Waals surface area contributed by atoms with Gasteiger partial charge in [-0.1, -0.05) is 23.8 Å². The molecule has 0 saturated carbocycles. The highest BCUT2D eigenvalue weighted by Gasteiger charge is 2.31. The summed E-state index contributed by atoms with van der Waals surface area (Å²) in [6.07, 6.45) is -0.224. The number of aliphatic hydroxyl groups is 1. The van der Waals surface area contributed by atoms with Crippen LogP contribution in [0.15, 0.2) is 18.2 Å². The van der Waals surface area contributed by atoms with E-state index in [0.29, 0.717) is 0 Å². The van der Waals surface area contributed by atoms with E-state index in [0.717, 1.165) is 16.7 Å². The van der Waals surface area contributed by atoms with Crippen LogP contribution >= 0.6 is 0 Å². The fourth-order valence-electron chi connectivity index (χ4n) is 1.73. The molecule has 0 saturated heterocycles. The van der Waals surface area contributed by atoms with Crippen LogP contribution in [0.2, 0.25) is 0 Å². The van der Waals surface area contributed by atoms with Crippen molar-refractivity contribution in [2.75, 3.05) is 7.11 Å². The van der Waals surface area contributed by atoms with Crippen LogP contribution in [0.4, 0.5) is 0 Å². The van der Waals surface area contributed by atoms with E-state index < -0.39 is 5.60 Å². The van der Waals surface area contributed by atoms with E-state index >= 15 is 0 Å². The van der Waals surface area contributed by atoms with Gasteiger partial charge in [0.1, 0.15) is 5.60 Å². The Morgan fingerprint density at radius 3 is 2.47 bits per heavy atom. The third-order valence-electron chi connectivity index (χ3n) is 3.08. The highest BCUT2D eigenvalue weighted by molar-refractivity contribution is 5.35. The van der Waals surface area contributed by atoms with Gasteiger partial charge in [0.05, 0.1) is 6.10 Å². The Bertz CT molecular complexity index is 342. The third kappa shape index (κ3) is 2.39. The second-order valence-corrected chi connectivity index (χ2v) is 4.34. The number of ether oxygens (including phenoxy) is 1. The van der Waals surface area contributed by atoms with Gasteiger partial charge in [-0.15, -0.1) is 0 Å². The van der Waals surface area contributed by atoms with E-state index in [1.807, 2.05) is 39.0 Å². The summed E-state index contributed by atoms with van der Waals surface area (Å²) < 4.78 is 5.21. The van der Waals surface area contributed by atoms with E-state index in [2.05, 4.69) is 0 Å². The van der Waals surface area contributed by atoms with Crippen molar-refractivity contribution in [2.24, 2.45) is 0 Å². The van der Waals surface area contributed by atoms with Gasteiger partial charge < -0.3 is 9.84 Å². The Labute approximate surface area is 91.9 Å². The minimum atomic E-state index is -0.940. The smallest absolute Gasteiger partial charge is 0.113 e. The number of hydrogen-bond donors (Lipinski definition) is 1. The molecular formula is C13H20O2. The summed E-state index contributed by atoms with van der Waals surface area (Å²) in [6.45, 7) is 7.70. The van der Waals surface area contributed by atoms with E-state index in [9.17, 15) is 5.11 Å². The molecule has 0 amide bonds. The molecular weight excluding hydrogens is 188 g/mol. The van der Waals surface area contributed by atoms with Gasteiger partial charge in [0.25, 0.3) is 0 Å². The number of benzene rings is 1. The summed E-state index contributed by atoms with van der Waals surface area (Å²) in [4.78, 5) is 0. The first-order chi connectivity index (χ1) is 6.89. The molecule has 2 unspecified atom stereocenters. The average molecular weight is 208 g/mol. The van der Waals surface area contributed by atoms with Gasteiger partial charge in [0.15, 0.2) is 0 Å². The predicted molar refractivity (Wildman–Crippen MR) is 62.0 cm³/mol. The first kappa shape index (κ1) is 12.2. The molecule has 0 radical (unpaired) electrons. The van der Waals surface area contributed by atoms with Crippen molar-refractivity contribution in [2.45, 2.75) is 39.4 Å². The molecule has 1 N–H and O–H groups in total. The molecule has 0 aromatic heterocycles. The zero-order valence-corrected chi connectivity index (χ0v) is 10.2. The quantitative estimate of drug-likeness (QED) is 0.827. The molecule has 0 bridgehead atoms. The normalized spacial score (nSPS) is 17.2. The number of methoxy groups -OCH3 is 1. The van der Waals surface area contributed by atoms with E-state index in [-0.39, 0.29) is 6.10 Å². The van der Waals surface area contributed by atoms with Crippen LogP contribution < -0.4 is 0 Å². The molecule has 2 heteroatoms. The summed E-state index contributed by atoms with van der Waals surface area (Å²) >= 11 is 0. The minimum absolute atomic E-state index is 0.224. The monoisotopic (exact) mass is 208 g/mol. The lowest BCUT2D eigenvalue weighted by atomic mass is 9.87. The zero-order chi connectivity index (χ0) is 11.6. The molecule has 84 valence electrons. The van der Waals surface area contributed by atoms with Crippen LogP contribution in [0.25, 0.3) is 0 Å². The van der Waals surface area contributed by atoms with Crippen LogP contribution in [0.1, 0.15) is 30.5 Å². The highest BCUT2D eigenvalue weighted by atomic mass is 16.5. The average Bonchev–Trinajstić information content (AvgIpc) is 2.20. The first-order valence-corrected chi connectivity index (χ1v) is 5.22. The van der Waals surface area contributed by atoms with Crippen LogP contribution in [-0.2, 0) is 10.3 Å². The van der Waals surface area contributed by atoms with Crippen LogP contribution in [0, 0.1) is 13.8 Å². The summed E-state index contributed by atoms with van der Waals surface area (Å²) in [6, 6.07) is 6.10. The van der Waals surface area contributed by atoms with Crippen molar-refractivity contribution >= 4 is 0 Å². The van der Waals surface area contributed by atoms with Gasteiger partial charge in [-0.05, 0) is 38.8 Å². The lowest BCUT2D eigenvalue weighted by Gasteiger charge is -2.31. The Hall–Kier alpha value is -0.860.